The summed E-state index contributed by atoms with van der Waals surface area (Å²) >= 11 is 6.09. The first kappa shape index (κ1) is 20.3. The minimum atomic E-state index is -0.906. The molecule has 142 valence electrons. The van der Waals surface area contributed by atoms with Crippen molar-refractivity contribution in [3.8, 4) is 5.75 Å². The van der Waals surface area contributed by atoms with E-state index in [9.17, 15) is 14.4 Å². The van der Waals surface area contributed by atoms with Gasteiger partial charge in [-0.25, -0.2) is 0 Å². The third-order valence-corrected chi connectivity index (χ3v) is 4.07. The molecule has 0 unspecified atom stereocenters. The van der Waals surface area contributed by atoms with Crippen LogP contribution >= 0.6 is 11.6 Å². The molecule has 2 aromatic rings. The highest BCUT2D eigenvalue weighted by molar-refractivity contribution is 6.32. The number of anilines is 1. The summed E-state index contributed by atoms with van der Waals surface area (Å²) in [6, 6.07) is 10.5. The Morgan fingerprint density at radius 1 is 1.15 bits per heavy atom. The Labute approximate surface area is 161 Å². The van der Waals surface area contributed by atoms with Gasteiger partial charge in [0.2, 0.25) is 11.8 Å². The predicted octanol–water partition coefficient (Wildman–Crippen LogP) is 2.13. The van der Waals surface area contributed by atoms with Crippen molar-refractivity contribution in [3.63, 3.8) is 0 Å². The summed E-state index contributed by atoms with van der Waals surface area (Å²) in [4.78, 5) is 35.2. The van der Waals surface area contributed by atoms with Crippen LogP contribution in [-0.4, -0.2) is 30.9 Å². The number of nitrogens with one attached hydrogen (secondary N) is 2. The van der Waals surface area contributed by atoms with E-state index >= 15 is 0 Å². The van der Waals surface area contributed by atoms with Crippen molar-refractivity contribution in [2.75, 3.05) is 12.4 Å². The van der Waals surface area contributed by atoms with Crippen LogP contribution in [-0.2, 0) is 16.0 Å². The van der Waals surface area contributed by atoms with Crippen molar-refractivity contribution in [1.29, 1.82) is 0 Å². The van der Waals surface area contributed by atoms with Crippen molar-refractivity contribution in [3.05, 3.63) is 58.6 Å². The number of carbonyl (C=O) groups excluding carboxylic acids is 3. The van der Waals surface area contributed by atoms with E-state index in [1.807, 2.05) is 0 Å². The minimum absolute atomic E-state index is 0.189. The monoisotopic (exact) mass is 389 g/mol. The molecule has 4 N–H and O–H groups in total. The lowest BCUT2D eigenvalue weighted by Gasteiger charge is -2.16. The van der Waals surface area contributed by atoms with Gasteiger partial charge >= 0.3 is 0 Å². The van der Waals surface area contributed by atoms with E-state index < -0.39 is 17.9 Å². The van der Waals surface area contributed by atoms with Crippen LogP contribution in [0.15, 0.2) is 42.5 Å². The van der Waals surface area contributed by atoms with Gasteiger partial charge in [-0.2, -0.15) is 0 Å². The van der Waals surface area contributed by atoms with Gasteiger partial charge in [-0.15, -0.1) is 0 Å². The van der Waals surface area contributed by atoms with Crippen LogP contribution in [0.1, 0.15) is 22.8 Å². The molecule has 0 bridgehead atoms. The summed E-state index contributed by atoms with van der Waals surface area (Å²) in [5.74, 6) is -0.809. The van der Waals surface area contributed by atoms with Crippen molar-refractivity contribution in [2.24, 2.45) is 5.73 Å². The van der Waals surface area contributed by atoms with E-state index in [4.69, 9.17) is 22.1 Å². The first-order chi connectivity index (χ1) is 12.8. The van der Waals surface area contributed by atoms with Gasteiger partial charge in [0.25, 0.3) is 5.91 Å². The maximum absolute atomic E-state index is 12.4. The maximum atomic E-state index is 12.4. The lowest BCUT2D eigenvalue weighted by atomic mass is 10.0. The van der Waals surface area contributed by atoms with Crippen LogP contribution in [0, 0.1) is 0 Å². The summed E-state index contributed by atoms with van der Waals surface area (Å²) in [5, 5.41) is 5.63. The Morgan fingerprint density at radius 2 is 1.81 bits per heavy atom. The number of benzene rings is 2. The number of carbonyl (C=O) groups is 3. The Balaban J connectivity index is 2.09. The molecule has 0 fully saturated rings. The normalized spacial score (nSPS) is 11.4. The molecule has 0 aliphatic heterocycles. The second kappa shape index (κ2) is 9.05. The van der Waals surface area contributed by atoms with Gasteiger partial charge in [0.15, 0.2) is 0 Å². The van der Waals surface area contributed by atoms with E-state index in [1.54, 1.807) is 42.5 Å². The number of amides is 3. The van der Waals surface area contributed by atoms with Crippen molar-refractivity contribution < 1.29 is 19.1 Å². The molecule has 0 saturated carbocycles. The first-order valence-corrected chi connectivity index (χ1v) is 8.48. The number of nitrogens with two attached hydrogens (primary N) is 1. The molecular weight excluding hydrogens is 370 g/mol. The minimum Gasteiger partial charge on any atom is -0.495 e. The van der Waals surface area contributed by atoms with E-state index in [2.05, 4.69) is 10.6 Å². The Bertz CT molecular complexity index is 853. The fourth-order valence-corrected chi connectivity index (χ4v) is 2.73. The maximum Gasteiger partial charge on any atom is 0.251 e. The number of rotatable bonds is 7. The molecule has 0 radical (unpaired) electrons. The van der Waals surface area contributed by atoms with Crippen LogP contribution in [0.4, 0.5) is 5.69 Å². The van der Waals surface area contributed by atoms with Crippen LogP contribution in [0.2, 0.25) is 5.02 Å². The van der Waals surface area contributed by atoms with E-state index in [0.29, 0.717) is 22.0 Å². The van der Waals surface area contributed by atoms with Gasteiger partial charge in [-0.3, -0.25) is 14.4 Å². The summed E-state index contributed by atoms with van der Waals surface area (Å²) in [5.41, 5.74) is 7.06. The topological polar surface area (TPSA) is 111 Å². The third kappa shape index (κ3) is 5.72. The van der Waals surface area contributed by atoms with Crippen molar-refractivity contribution in [1.82, 2.24) is 5.32 Å². The lowest BCUT2D eigenvalue weighted by Crippen LogP contribution is -2.45. The molecule has 3 amide bonds. The molecule has 0 saturated heterocycles. The molecule has 2 aromatic carbocycles. The number of hydrogen-bond donors (Lipinski definition) is 3. The molecular formula is C19H20ClN3O4. The molecule has 0 aromatic heterocycles. The number of hydrogen-bond acceptors (Lipinski definition) is 4. The highest BCUT2D eigenvalue weighted by atomic mass is 35.5. The Hall–Kier alpha value is -3.06. The second-order valence-electron chi connectivity index (χ2n) is 5.86. The molecule has 0 aliphatic rings. The van der Waals surface area contributed by atoms with Gasteiger partial charge in [-0.05, 0) is 42.0 Å². The number of primary amides is 1. The van der Waals surface area contributed by atoms with Gasteiger partial charge in [0.1, 0.15) is 11.8 Å². The Morgan fingerprint density at radius 3 is 2.33 bits per heavy atom. The first-order valence-electron chi connectivity index (χ1n) is 8.10. The van der Waals surface area contributed by atoms with Crippen LogP contribution < -0.4 is 21.1 Å². The summed E-state index contributed by atoms with van der Waals surface area (Å²) in [6.45, 7) is 1.39. The second-order valence-corrected chi connectivity index (χ2v) is 6.27. The molecule has 0 aliphatic carbocycles. The molecule has 8 heteroatoms. The Kier molecular flexibility index (Phi) is 6.79. The fraction of sp³-hybridized carbons (Fsp3) is 0.211. The molecule has 27 heavy (non-hydrogen) atoms. The van der Waals surface area contributed by atoms with Gasteiger partial charge in [-0.1, -0.05) is 17.7 Å². The van der Waals surface area contributed by atoms with Crippen LogP contribution in [0.5, 0.6) is 5.75 Å². The van der Waals surface area contributed by atoms with Crippen LogP contribution in [0.3, 0.4) is 0 Å². The zero-order valence-corrected chi connectivity index (χ0v) is 15.7. The average molecular weight is 390 g/mol. The van der Waals surface area contributed by atoms with E-state index in [0.717, 1.165) is 5.56 Å². The number of methoxy groups -OCH3 is 1. The fourth-order valence-electron chi connectivity index (χ4n) is 2.45. The van der Waals surface area contributed by atoms with Crippen molar-refractivity contribution >= 4 is 35.0 Å². The molecule has 2 rings (SSSR count). The highest BCUT2D eigenvalue weighted by Crippen LogP contribution is 2.25. The van der Waals surface area contributed by atoms with Crippen LogP contribution in [0.25, 0.3) is 0 Å². The molecule has 7 nitrogen and oxygen atoms in total. The summed E-state index contributed by atoms with van der Waals surface area (Å²) in [7, 11) is 1.50. The zero-order chi connectivity index (χ0) is 20.0. The SMILES string of the molecule is COc1ccc(C[C@H](NC(=O)c2ccc(NC(C)=O)cc2)C(N)=O)cc1Cl. The largest absolute Gasteiger partial charge is 0.495 e. The van der Waals surface area contributed by atoms with Gasteiger partial charge < -0.3 is 21.1 Å². The quantitative estimate of drug-likeness (QED) is 0.673. The number of halogens is 1. The lowest BCUT2D eigenvalue weighted by molar-refractivity contribution is -0.119. The van der Waals surface area contributed by atoms with Crippen molar-refractivity contribution in [2.45, 2.75) is 19.4 Å². The molecule has 0 spiro atoms. The van der Waals surface area contributed by atoms with Gasteiger partial charge in [0.05, 0.1) is 12.1 Å². The average Bonchev–Trinajstić information content (AvgIpc) is 2.61. The molecule has 0 heterocycles. The van der Waals surface area contributed by atoms with E-state index in [-0.39, 0.29) is 12.3 Å². The standard InChI is InChI=1S/C19H20ClN3O4/c1-11(24)22-14-6-4-13(5-7-14)19(26)23-16(18(21)25)10-12-3-8-17(27-2)15(20)9-12/h3-9,16H,10H2,1-2H3,(H2,21,25)(H,22,24)(H,23,26)/t16-/m0/s1. The predicted molar refractivity (Wildman–Crippen MR) is 103 cm³/mol. The third-order valence-electron chi connectivity index (χ3n) is 3.77. The smallest absolute Gasteiger partial charge is 0.251 e. The summed E-state index contributed by atoms with van der Waals surface area (Å²) in [6.07, 6.45) is 0.189. The number of ether oxygens (including phenoxy) is 1. The highest BCUT2D eigenvalue weighted by Gasteiger charge is 2.20. The summed E-state index contributed by atoms with van der Waals surface area (Å²) < 4.78 is 5.09. The zero-order valence-electron chi connectivity index (χ0n) is 14.9. The van der Waals surface area contributed by atoms with E-state index in [1.165, 1.54) is 14.0 Å². The van der Waals surface area contributed by atoms with Gasteiger partial charge in [0, 0.05) is 24.6 Å². The molecule has 1 atom stereocenters.